The Morgan fingerprint density at radius 3 is 2.64 bits per heavy atom. The maximum absolute atomic E-state index is 5.38. The van der Waals surface area contributed by atoms with Crippen LogP contribution in [0.1, 0.15) is 22.5 Å². The highest BCUT2D eigenvalue weighted by Gasteiger charge is 2.09. The van der Waals surface area contributed by atoms with E-state index in [1.54, 1.807) is 6.20 Å². The minimum absolute atomic E-state index is 0.571. The molecule has 0 atom stereocenters. The predicted molar refractivity (Wildman–Crippen MR) is 104 cm³/mol. The first-order chi connectivity index (χ1) is 12.0. The van der Waals surface area contributed by atoms with Crippen LogP contribution in [0.3, 0.4) is 0 Å². The van der Waals surface area contributed by atoms with Gasteiger partial charge in [0.15, 0.2) is 5.11 Å². The Morgan fingerprint density at radius 2 is 1.96 bits per heavy atom. The Balaban J connectivity index is 1.55. The lowest BCUT2D eigenvalue weighted by Crippen LogP contribution is -2.28. The van der Waals surface area contributed by atoms with Gasteiger partial charge in [-0.3, -0.25) is 9.36 Å². The zero-order valence-corrected chi connectivity index (χ0v) is 15.5. The molecule has 0 aliphatic carbocycles. The summed E-state index contributed by atoms with van der Waals surface area (Å²) in [5.74, 6) is 0. The molecule has 0 bridgehead atoms. The summed E-state index contributed by atoms with van der Waals surface area (Å²) in [4.78, 5) is 0. The number of aryl methyl sites for hydroxylation is 2. The molecule has 0 fully saturated rings. The van der Waals surface area contributed by atoms with Crippen molar-refractivity contribution in [3.05, 3.63) is 65.2 Å². The largest absolute Gasteiger partial charge is 0.358 e. The maximum Gasteiger partial charge on any atom is 0.171 e. The molecule has 2 heterocycles. The molecule has 1 aromatic carbocycles. The van der Waals surface area contributed by atoms with Gasteiger partial charge in [0, 0.05) is 31.0 Å². The van der Waals surface area contributed by atoms with Crippen LogP contribution >= 0.6 is 12.2 Å². The number of thiocarbonyl (C=S) groups is 1. The van der Waals surface area contributed by atoms with Crippen LogP contribution in [0.25, 0.3) is 0 Å². The zero-order valence-electron chi connectivity index (χ0n) is 14.7. The number of aromatic nitrogens is 4. The van der Waals surface area contributed by atoms with Crippen LogP contribution in [0.15, 0.2) is 42.7 Å². The molecule has 0 aliphatic rings. The second-order valence-corrected chi connectivity index (χ2v) is 6.40. The fraction of sp³-hybridized carbons (Fsp3) is 0.278. The summed E-state index contributed by atoms with van der Waals surface area (Å²) in [6, 6.07) is 10.2. The minimum atomic E-state index is 0.571. The van der Waals surface area contributed by atoms with Gasteiger partial charge in [0.05, 0.1) is 24.1 Å². The van der Waals surface area contributed by atoms with Crippen molar-refractivity contribution in [1.29, 1.82) is 0 Å². The first-order valence-corrected chi connectivity index (χ1v) is 8.54. The number of rotatable bonds is 5. The lowest BCUT2D eigenvalue weighted by Gasteiger charge is -2.09. The van der Waals surface area contributed by atoms with Crippen molar-refractivity contribution in [2.24, 2.45) is 7.05 Å². The van der Waals surface area contributed by atoms with E-state index in [2.05, 4.69) is 39.9 Å². The van der Waals surface area contributed by atoms with Gasteiger partial charge in [-0.05, 0) is 31.6 Å². The fourth-order valence-corrected chi connectivity index (χ4v) is 2.89. The number of hydrogen-bond donors (Lipinski definition) is 2. The number of hydrogen-bond acceptors (Lipinski definition) is 3. The van der Waals surface area contributed by atoms with Crippen LogP contribution in [-0.4, -0.2) is 24.7 Å². The van der Waals surface area contributed by atoms with Crippen LogP contribution in [0.2, 0.25) is 0 Å². The van der Waals surface area contributed by atoms with Gasteiger partial charge in [0.1, 0.15) is 0 Å². The van der Waals surface area contributed by atoms with E-state index in [0.29, 0.717) is 11.7 Å². The fourth-order valence-electron chi connectivity index (χ4n) is 2.70. The Kier molecular flexibility index (Phi) is 5.14. The molecule has 3 aromatic rings. The van der Waals surface area contributed by atoms with E-state index in [4.69, 9.17) is 12.2 Å². The third kappa shape index (κ3) is 4.24. The van der Waals surface area contributed by atoms with Crippen molar-refractivity contribution in [2.45, 2.75) is 26.9 Å². The van der Waals surface area contributed by atoms with Gasteiger partial charge in [-0.15, -0.1) is 0 Å². The second kappa shape index (κ2) is 7.48. The quantitative estimate of drug-likeness (QED) is 0.690. The van der Waals surface area contributed by atoms with Crippen molar-refractivity contribution in [1.82, 2.24) is 24.9 Å². The zero-order chi connectivity index (χ0) is 17.8. The average molecular weight is 354 g/mol. The molecule has 0 saturated carbocycles. The summed E-state index contributed by atoms with van der Waals surface area (Å²) >= 11 is 5.38. The topological polar surface area (TPSA) is 59.7 Å². The molecule has 7 heteroatoms. The summed E-state index contributed by atoms with van der Waals surface area (Å²) in [6.45, 7) is 5.45. The first-order valence-electron chi connectivity index (χ1n) is 8.13. The van der Waals surface area contributed by atoms with Crippen molar-refractivity contribution in [3.63, 3.8) is 0 Å². The average Bonchev–Trinajstić information content (AvgIpc) is 3.11. The molecule has 0 saturated heterocycles. The van der Waals surface area contributed by atoms with Gasteiger partial charge in [-0.2, -0.15) is 10.2 Å². The Bertz CT molecular complexity index is 865. The Labute approximate surface area is 152 Å². The summed E-state index contributed by atoms with van der Waals surface area (Å²) < 4.78 is 3.77. The van der Waals surface area contributed by atoms with Gasteiger partial charge in [0.25, 0.3) is 0 Å². The van der Waals surface area contributed by atoms with Gasteiger partial charge in [-0.1, -0.05) is 30.3 Å². The lowest BCUT2D eigenvalue weighted by molar-refractivity contribution is 0.687. The molecule has 0 amide bonds. The number of anilines is 1. The van der Waals surface area contributed by atoms with Crippen molar-refractivity contribution >= 4 is 23.0 Å². The van der Waals surface area contributed by atoms with Crippen LogP contribution in [-0.2, 0) is 20.1 Å². The van der Waals surface area contributed by atoms with Crippen molar-refractivity contribution in [3.8, 4) is 0 Å². The smallest absolute Gasteiger partial charge is 0.171 e. The van der Waals surface area contributed by atoms with Crippen LogP contribution in [0.4, 0.5) is 5.69 Å². The molecule has 2 N–H and O–H groups in total. The Morgan fingerprint density at radius 1 is 1.20 bits per heavy atom. The van der Waals surface area contributed by atoms with E-state index >= 15 is 0 Å². The summed E-state index contributed by atoms with van der Waals surface area (Å²) in [5.41, 5.74) is 5.41. The van der Waals surface area contributed by atoms with Crippen molar-refractivity contribution < 1.29 is 0 Å². The van der Waals surface area contributed by atoms with Crippen molar-refractivity contribution in [2.75, 3.05) is 5.32 Å². The second-order valence-electron chi connectivity index (χ2n) is 5.99. The molecular formula is C18H22N6S. The third-order valence-corrected chi connectivity index (χ3v) is 4.41. The molecule has 0 unspecified atom stereocenters. The summed E-state index contributed by atoms with van der Waals surface area (Å²) in [6.07, 6.45) is 3.72. The highest BCUT2D eigenvalue weighted by Crippen LogP contribution is 2.12. The van der Waals surface area contributed by atoms with E-state index in [9.17, 15) is 0 Å². The van der Waals surface area contributed by atoms with Gasteiger partial charge in [-0.25, -0.2) is 0 Å². The minimum Gasteiger partial charge on any atom is -0.358 e. The summed E-state index contributed by atoms with van der Waals surface area (Å²) in [7, 11) is 1.95. The first kappa shape index (κ1) is 17.2. The number of benzene rings is 1. The number of nitrogens with zero attached hydrogens (tertiary/aromatic N) is 4. The van der Waals surface area contributed by atoms with Crippen LogP contribution < -0.4 is 10.6 Å². The molecular weight excluding hydrogens is 332 g/mol. The normalized spacial score (nSPS) is 10.7. The highest BCUT2D eigenvalue weighted by molar-refractivity contribution is 7.80. The highest BCUT2D eigenvalue weighted by atomic mass is 32.1. The van der Waals surface area contributed by atoms with E-state index in [0.717, 1.165) is 23.6 Å². The van der Waals surface area contributed by atoms with Gasteiger partial charge < -0.3 is 10.6 Å². The van der Waals surface area contributed by atoms with Gasteiger partial charge in [0.2, 0.25) is 0 Å². The molecule has 0 aliphatic heterocycles. The molecule has 2 aromatic heterocycles. The maximum atomic E-state index is 5.38. The molecule has 0 spiro atoms. The van der Waals surface area contributed by atoms with E-state index in [-0.39, 0.29) is 0 Å². The van der Waals surface area contributed by atoms with Gasteiger partial charge >= 0.3 is 0 Å². The van der Waals surface area contributed by atoms with Crippen LogP contribution in [0.5, 0.6) is 0 Å². The predicted octanol–water partition coefficient (Wildman–Crippen LogP) is 2.77. The summed E-state index contributed by atoms with van der Waals surface area (Å²) in [5, 5.41) is 15.8. The Hall–Kier alpha value is -2.67. The monoisotopic (exact) mass is 354 g/mol. The molecule has 130 valence electrons. The standard InChI is InChI=1S/C18H22N6S/c1-13-17(14(2)23(3)22-13)10-19-18(25)21-16-9-20-24(12-16)11-15-7-5-4-6-8-15/h4-9,12H,10-11H2,1-3H3,(H2,19,21,25). The van der Waals surface area contributed by atoms with E-state index in [1.165, 1.54) is 11.1 Å². The molecule has 0 radical (unpaired) electrons. The molecule has 3 rings (SSSR count). The molecule has 6 nitrogen and oxygen atoms in total. The van der Waals surface area contributed by atoms with Crippen LogP contribution in [0, 0.1) is 13.8 Å². The van der Waals surface area contributed by atoms with E-state index in [1.807, 2.05) is 47.7 Å². The number of nitrogens with one attached hydrogen (secondary N) is 2. The lowest BCUT2D eigenvalue weighted by atomic mass is 10.2. The SMILES string of the molecule is Cc1nn(C)c(C)c1CNC(=S)Nc1cnn(Cc2ccccc2)c1. The molecule has 25 heavy (non-hydrogen) atoms. The van der Waals surface area contributed by atoms with E-state index < -0.39 is 0 Å². The third-order valence-electron chi connectivity index (χ3n) is 4.16.